The summed E-state index contributed by atoms with van der Waals surface area (Å²) in [5.74, 6) is 0.572. The highest BCUT2D eigenvalue weighted by Crippen LogP contribution is 2.28. The van der Waals surface area contributed by atoms with E-state index in [-0.39, 0.29) is 24.7 Å². The van der Waals surface area contributed by atoms with Gasteiger partial charge in [-0.15, -0.1) is 0 Å². The minimum absolute atomic E-state index is 0.0341. The molecule has 0 amide bonds. The molecule has 2 aromatic heterocycles. The number of carbonyl (C=O) groups excluding carboxylic acids is 1. The van der Waals surface area contributed by atoms with Crippen LogP contribution in [0.5, 0.6) is 0 Å². The van der Waals surface area contributed by atoms with Crippen molar-refractivity contribution in [1.82, 2.24) is 10.1 Å². The van der Waals surface area contributed by atoms with Crippen LogP contribution in [0, 0.1) is 0 Å². The van der Waals surface area contributed by atoms with Gasteiger partial charge in [0, 0.05) is 12.5 Å². The van der Waals surface area contributed by atoms with Crippen LogP contribution in [0.25, 0.3) is 22.4 Å². The molecule has 1 aromatic carbocycles. The Bertz CT molecular complexity index is 744. The Morgan fingerprint density at radius 1 is 1.35 bits per heavy atom. The average molecular weight is 272 g/mol. The molecule has 6 heteroatoms. The Hall–Kier alpha value is -2.47. The number of ether oxygens (including phenoxy) is 1. The Balaban J connectivity index is 1.88. The van der Waals surface area contributed by atoms with E-state index in [1.165, 1.54) is 7.11 Å². The average Bonchev–Trinajstić information content (AvgIpc) is 3.05. The largest absolute Gasteiger partial charge is 0.464 e. The van der Waals surface area contributed by atoms with E-state index in [4.69, 9.17) is 13.7 Å². The molecule has 0 aliphatic rings. The zero-order valence-electron chi connectivity index (χ0n) is 10.8. The maximum Gasteiger partial charge on any atom is 0.234 e. The number of fused-ring (bicyclic) bond motifs is 1. The van der Waals surface area contributed by atoms with E-state index >= 15 is 0 Å². The zero-order chi connectivity index (χ0) is 13.9. The fourth-order valence-corrected chi connectivity index (χ4v) is 1.97. The molecule has 0 N–H and O–H groups in total. The van der Waals surface area contributed by atoms with Crippen LogP contribution < -0.4 is 0 Å². The van der Waals surface area contributed by atoms with E-state index in [0.717, 1.165) is 16.5 Å². The van der Waals surface area contributed by atoms with Gasteiger partial charge in [-0.25, -0.2) is 0 Å². The van der Waals surface area contributed by atoms with E-state index < -0.39 is 0 Å². The first-order chi connectivity index (χ1) is 9.78. The summed E-state index contributed by atoms with van der Waals surface area (Å²) < 4.78 is 15.3. The summed E-state index contributed by atoms with van der Waals surface area (Å²) in [4.78, 5) is 15.7. The van der Waals surface area contributed by atoms with Crippen molar-refractivity contribution in [2.45, 2.75) is 6.42 Å². The summed E-state index contributed by atoms with van der Waals surface area (Å²) in [6, 6.07) is 7.58. The van der Waals surface area contributed by atoms with Crippen molar-refractivity contribution in [3.05, 3.63) is 36.4 Å². The van der Waals surface area contributed by atoms with E-state index in [0.29, 0.717) is 5.82 Å². The van der Waals surface area contributed by atoms with Crippen LogP contribution in [0.2, 0.25) is 0 Å². The smallest absolute Gasteiger partial charge is 0.234 e. The van der Waals surface area contributed by atoms with Crippen molar-refractivity contribution in [1.29, 1.82) is 0 Å². The van der Waals surface area contributed by atoms with Gasteiger partial charge in [0.15, 0.2) is 5.78 Å². The predicted molar refractivity (Wildman–Crippen MR) is 70.1 cm³/mol. The van der Waals surface area contributed by atoms with E-state index in [1.807, 2.05) is 24.3 Å². The maximum atomic E-state index is 11.4. The van der Waals surface area contributed by atoms with Crippen LogP contribution in [-0.4, -0.2) is 29.6 Å². The molecule has 0 saturated heterocycles. The molecule has 0 radical (unpaired) electrons. The monoisotopic (exact) mass is 272 g/mol. The third kappa shape index (κ3) is 2.33. The number of furan rings is 1. The molecule has 0 fully saturated rings. The summed E-state index contributed by atoms with van der Waals surface area (Å²) in [6.07, 6.45) is 1.65. The fourth-order valence-electron chi connectivity index (χ4n) is 1.97. The molecular weight excluding hydrogens is 260 g/mol. The number of benzene rings is 1. The third-order valence-corrected chi connectivity index (χ3v) is 2.84. The summed E-state index contributed by atoms with van der Waals surface area (Å²) in [5.41, 5.74) is 1.50. The lowest BCUT2D eigenvalue weighted by Crippen LogP contribution is -2.09. The van der Waals surface area contributed by atoms with Gasteiger partial charge < -0.3 is 13.7 Å². The number of aromatic nitrogens is 2. The maximum absolute atomic E-state index is 11.4. The van der Waals surface area contributed by atoms with E-state index in [1.54, 1.807) is 6.26 Å². The molecule has 0 saturated carbocycles. The molecule has 102 valence electrons. The zero-order valence-corrected chi connectivity index (χ0v) is 10.8. The van der Waals surface area contributed by atoms with Crippen molar-refractivity contribution in [2.24, 2.45) is 0 Å². The molecule has 2 heterocycles. The van der Waals surface area contributed by atoms with Crippen molar-refractivity contribution in [3.63, 3.8) is 0 Å². The lowest BCUT2D eigenvalue weighted by Gasteiger charge is -1.93. The van der Waals surface area contributed by atoms with Gasteiger partial charge in [0.25, 0.3) is 0 Å². The molecule has 3 rings (SSSR count). The Morgan fingerprint density at radius 2 is 2.20 bits per heavy atom. The quantitative estimate of drug-likeness (QED) is 0.708. The van der Waals surface area contributed by atoms with Gasteiger partial charge in [0.1, 0.15) is 18.5 Å². The third-order valence-electron chi connectivity index (χ3n) is 2.84. The van der Waals surface area contributed by atoms with Gasteiger partial charge >= 0.3 is 0 Å². The summed E-state index contributed by atoms with van der Waals surface area (Å²) in [7, 11) is 1.47. The van der Waals surface area contributed by atoms with E-state index in [9.17, 15) is 4.79 Å². The number of ketones is 1. The molecule has 0 spiro atoms. The second-order valence-electron chi connectivity index (χ2n) is 4.31. The number of hydrogen-bond acceptors (Lipinski definition) is 6. The van der Waals surface area contributed by atoms with Crippen LogP contribution in [0.3, 0.4) is 0 Å². The van der Waals surface area contributed by atoms with Crippen molar-refractivity contribution in [2.75, 3.05) is 13.7 Å². The van der Waals surface area contributed by atoms with Crippen LogP contribution >= 0.6 is 0 Å². The molecule has 0 atom stereocenters. The second-order valence-corrected chi connectivity index (χ2v) is 4.31. The number of hydrogen-bond donors (Lipinski definition) is 0. The van der Waals surface area contributed by atoms with Gasteiger partial charge in [-0.2, -0.15) is 4.98 Å². The van der Waals surface area contributed by atoms with Gasteiger partial charge in [0.05, 0.1) is 12.0 Å². The molecule has 0 bridgehead atoms. The second kappa shape index (κ2) is 5.26. The highest BCUT2D eigenvalue weighted by Gasteiger charge is 2.16. The normalized spacial score (nSPS) is 11.1. The molecule has 3 aromatic rings. The van der Waals surface area contributed by atoms with Crippen molar-refractivity contribution < 1.29 is 18.5 Å². The minimum atomic E-state index is -0.111. The van der Waals surface area contributed by atoms with Crippen LogP contribution in [0.1, 0.15) is 5.89 Å². The number of rotatable bonds is 5. The highest BCUT2D eigenvalue weighted by molar-refractivity contribution is 5.91. The SMILES string of the molecule is COCC(=O)Cc1nc(-c2coc3ccccc23)no1. The van der Waals surface area contributed by atoms with E-state index in [2.05, 4.69) is 10.1 Å². The van der Waals surface area contributed by atoms with Crippen LogP contribution in [0.15, 0.2) is 39.5 Å². The lowest BCUT2D eigenvalue weighted by molar-refractivity contribution is -0.122. The van der Waals surface area contributed by atoms with Gasteiger partial charge in [-0.05, 0) is 6.07 Å². The summed E-state index contributed by atoms with van der Waals surface area (Å²) in [5, 5.41) is 4.79. The Kier molecular flexibility index (Phi) is 3.30. The first kappa shape index (κ1) is 12.6. The fraction of sp³-hybridized carbons (Fsp3) is 0.214. The Morgan fingerprint density at radius 3 is 3.05 bits per heavy atom. The van der Waals surface area contributed by atoms with Crippen LogP contribution in [-0.2, 0) is 16.0 Å². The molecule has 0 aliphatic carbocycles. The summed E-state index contributed by atoms with van der Waals surface area (Å²) in [6.45, 7) is 0.0341. The summed E-state index contributed by atoms with van der Waals surface area (Å²) >= 11 is 0. The number of para-hydroxylation sites is 1. The van der Waals surface area contributed by atoms with Gasteiger partial charge in [0.2, 0.25) is 11.7 Å². The number of methoxy groups -OCH3 is 1. The Labute approximate surface area is 114 Å². The standard InChI is InChI=1S/C14H12N2O4/c1-18-7-9(17)6-13-15-14(16-20-13)11-8-19-12-5-3-2-4-10(11)12/h2-5,8H,6-7H2,1H3. The topological polar surface area (TPSA) is 78.4 Å². The molecular formula is C14H12N2O4. The number of carbonyl (C=O) groups is 1. The lowest BCUT2D eigenvalue weighted by atomic mass is 10.2. The molecule has 6 nitrogen and oxygen atoms in total. The van der Waals surface area contributed by atoms with Gasteiger partial charge in [-0.3, -0.25) is 4.79 Å². The van der Waals surface area contributed by atoms with Gasteiger partial charge in [-0.1, -0.05) is 23.4 Å². The predicted octanol–water partition coefficient (Wildman–Crippen LogP) is 2.24. The first-order valence-electron chi connectivity index (χ1n) is 6.08. The highest BCUT2D eigenvalue weighted by atomic mass is 16.5. The minimum Gasteiger partial charge on any atom is -0.464 e. The molecule has 0 aliphatic heterocycles. The van der Waals surface area contributed by atoms with Crippen LogP contribution in [0.4, 0.5) is 0 Å². The van der Waals surface area contributed by atoms with Crippen molar-refractivity contribution >= 4 is 16.8 Å². The molecule has 20 heavy (non-hydrogen) atoms. The molecule has 0 unspecified atom stereocenters. The first-order valence-corrected chi connectivity index (χ1v) is 6.08. The number of Topliss-reactive ketones (excluding diaryl/α,β-unsaturated/α-hetero) is 1. The number of nitrogens with zero attached hydrogens (tertiary/aromatic N) is 2. The van der Waals surface area contributed by atoms with Crippen molar-refractivity contribution in [3.8, 4) is 11.4 Å².